The highest BCUT2D eigenvalue weighted by Gasteiger charge is 2.31. The molecule has 1 saturated heterocycles. The molecule has 0 unspecified atom stereocenters. The van der Waals surface area contributed by atoms with Gasteiger partial charge in [0.05, 0.1) is 5.60 Å². The van der Waals surface area contributed by atoms with E-state index in [-0.39, 0.29) is 0 Å². The van der Waals surface area contributed by atoms with Gasteiger partial charge < -0.3 is 14.9 Å². The summed E-state index contributed by atoms with van der Waals surface area (Å²) >= 11 is 0. The molecule has 0 bridgehead atoms. The summed E-state index contributed by atoms with van der Waals surface area (Å²) in [5.74, 6) is 0.778. The lowest BCUT2D eigenvalue weighted by molar-refractivity contribution is 0.00536. The van der Waals surface area contributed by atoms with Crippen LogP contribution in [-0.4, -0.2) is 59.3 Å². The van der Waals surface area contributed by atoms with Crippen LogP contribution in [0, 0.1) is 6.92 Å². The third-order valence-corrected chi connectivity index (χ3v) is 3.58. The first-order valence-corrected chi connectivity index (χ1v) is 6.89. The van der Waals surface area contributed by atoms with Gasteiger partial charge in [-0.3, -0.25) is 0 Å². The number of aliphatic hydroxyl groups is 1. The lowest BCUT2D eigenvalue weighted by atomic mass is 9.94. The van der Waals surface area contributed by atoms with Crippen LogP contribution < -0.4 is 4.90 Å². The quantitative estimate of drug-likeness (QED) is 0.885. The molecule has 1 aromatic rings. The Morgan fingerprint density at radius 3 is 2.58 bits per heavy atom. The van der Waals surface area contributed by atoms with Crippen LogP contribution in [0.15, 0.2) is 12.4 Å². The number of anilines is 1. The van der Waals surface area contributed by atoms with E-state index in [1.165, 1.54) is 0 Å². The van der Waals surface area contributed by atoms with Gasteiger partial charge in [-0.05, 0) is 45.8 Å². The molecule has 5 nitrogen and oxygen atoms in total. The van der Waals surface area contributed by atoms with Crippen molar-refractivity contribution >= 4 is 5.95 Å². The van der Waals surface area contributed by atoms with Crippen molar-refractivity contribution in [2.75, 3.05) is 38.6 Å². The van der Waals surface area contributed by atoms with E-state index in [1.807, 2.05) is 33.4 Å². The molecule has 0 saturated carbocycles. The van der Waals surface area contributed by atoms with E-state index >= 15 is 0 Å². The second-order valence-corrected chi connectivity index (χ2v) is 5.86. The number of aromatic nitrogens is 2. The molecule has 1 aliphatic rings. The maximum absolute atomic E-state index is 10.6. The Morgan fingerprint density at radius 2 is 1.95 bits per heavy atom. The Labute approximate surface area is 115 Å². The Balaban J connectivity index is 2.02. The summed E-state index contributed by atoms with van der Waals surface area (Å²) in [6.07, 6.45) is 6.27. The molecule has 0 aliphatic carbocycles. The molecule has 0 spiro atoms. The standard InChI is InChI=1S/C14H24N4O/c1-12-9-15-13(16-10-12)18-7-4-5-14(19,6-8-18)11-17(2)3/h9-10,19H,4-8,11H2,1-3H3/t14-/m1/s1. The number of nitrogens with zero attached hydrogens (tertiary/aromatic N) is 4. The van der Waals surface area contributed by atoms with Crippen molar-refractivity contribution in [3.8, 4) is 0 Å². The second-order valence-electron chi connectivity index (χ2n) is 5.86. The van der Waals surface area contributed by atoms with E-state index in [2.05, 4.69) is 19.8 Å². The van der Waals surface area contributed by atoms with Crippen LogP contribution in [0.1, 0.15) is 24.8 Å². The third-order valence-electron chi connectivity index (χ3n) is 3.58. The van der Waals surface area contributed by atoms with Crippen molar-refractivity contribution in [2.45, 2.75) is 31.8 Å². The van der Waals surface area contributed by atoms with Gasteiger partial charge in [0.15, 0.2) is 0 Å². The van der Waals surface area contributed by atoms with Crippen LogP contribution in [0.2, 0.25) is 0 Å². The minimum Gasteiger partial charge on any atom is -0.388 e. The highest BCUT2D eigenvalue weighted by atomic mass is 16.3. The predicted octanol–water partition coefficient (Wildman–Crippen LogP) is 1.07. The summed E-state index contributed by atoms with van der Waals surface area (Å²) in [5.41, 5.74) is 0.492. The molecule has 1 fully saturated rings. The first kappa shape index (κ1) is 14.2. The molecule has 106 valence electrons. The smallest absolute Gasteiger partial charge is 0.225 e. The minimum atomic E-state index is -0.580. The van der Waals surface area contributed by atoms with Crippen LogP contribution in [0.4, 0.5) is 5.95 Å². The molecule has 2 heterocycles. The van der Waals surface area contributed by atoms with Crippen LogP contribution >= 0.6 is 0 Å². The number of hydrogen-bond acceptors (Lipinski definition) is 5. The Bertz CT molecular complexity index is 406. The van der Waals surface area contributed by atoms with Gasteiger partial charge in [0.25, 0.3) is 0 Å². The van der Waals surface area contributed by atoms with Crippen molar-refractivity contribution in [3.05, 3.63) is 18.0 Å². The number of hydrogen-bond donors (Lipinski definition) is 1. The summed E-state index contributed by atoms with van der Waals surface area (Å²) in [6, 6.07) is 0. The van der Waals surface area contributed by atoms with Gasteiger partial charge in [0.2, 0.25) is 5.95 Å². The SMILES string of the molecule is Cc1cnc(N2CCC[C@](O)(CN(C)C)CC2)nc1. The highest BCUT2D eigenvalue weighted by molar-refractivity contribution is 5.30. The topological polar surface area (TPSA) is 52.5 Å². The molecular formula is C14H24N4O. The summed E-state index contributed by atoms with van der Waals surface area (Å²) in [4.78, 5) is 13.0. The van der Waals surface area contributed by atoms with Crippen molar-refractivity contribution in [3.63, 3.8) is 0 Å². The second kappa shape index (κ2) is 5.84. The van der Waals surface area contributed by atoms with E-state index in [4.69, 9.17) is 0 Å². The van der Waals surface area contributed by atoms with E-state index in [9.17, 15) is 5.11 Å². The zero-order valence-electron chi connectivity index (χ0n) is 12.1. The maximum atomic E-state index is 10.6. The monoisotopic (exact) mass is 264 g/mol. The van der Waals surface area contributed by atoms with E-state index in [0.717, 1.165) is 50.4 Å². The first-order chi connectivity index (χ1) is 8.98. The average Bonchev–Trinajstić information content (AvgIpc) is 2.51. The van der Waals surface area contributed by atoms with Gasteiger partial charge in [-0.15, -0.1) is 0 Å². The van der Waals surface area contributed by atoms with Gasteiger partial charge in [-0.1, -0.05) is 0 Å². The van der Waals surface area contributed by atoms with Crippen molar-refractivity contribution in [1.29, 1.82) is 0 Å². The van der Waals surface area contributed by atoms with Crippen LogP contribution in [0.25, 0.3) is 0 Å². The van der Waals surface area contributed by atoms with E-state index in [0.29, 0.717) is 0 Å². The summed E-state index contributed by atoms with van der Waals surface area (Å²) < 4.78 is 0. The molecule has 2 rings (SSSR count). The molecule has 1 aromatic heterocycles. The van der Waals surface area contributed by atoms with Crippen LogP contribution in [0.3, 0.4) is 0 Å². The molecule has 19 heavy (non-hydrogen) atoms. The fraction of sp³-hybridized carbons (Fsp3) is 0.714. The minimum absolute atomic E-state index is 0.580. The molecule has 0 aromatic carbocycles. The molecule has 0 radical (unpaired) electrons. The zero-order valence-corrected chi connectivity index (χ0v) is 12.1. The fourth-order valence-electron chi connectivity index (χ4n) is 2.67. The zero-order chi connectivity index (χ0) is 13.9. The van der Waals surface area contributed by atoms with Crippen LogP contribution in [-0.2, 0) is 0 Å². The Kier molecular flexibility index (Phi) is 4.37. The van der Waals surface area contributed by atoms with Gasteiger partial charge in [-0.2, -0.15) is 0 Å². The summed E-state index contributed by atoms with van der Waals surface area (Å²) in [5, 5.41) is 10.6. The lowest BCUT2D eigenvalue weighted by Gasteiger charge is -2.29. The third kappa shape index (κ3) is 3.88. The van der Waals surface area contributed by atoms with Gasteiger partial charge in [0, 0.05) is 32.0 Å². The average molecular weight is 264 g/mol. The molecule has 1 atom stereocenters. The molecule has 1 aliphatic heterocycles. The normalized spacial score (nSPS) is 24.6. The van der Waals surface area contributed by atoms with E-state index < -0.39 is 5.60 Å². The van der Waals surface area contributed by atoms with Crippen LogP contribution in [0.5, 0.6) is 0 Å². The molecule has 1 N–H and O–H groups in total. The predicted molar refractivity (Wildman–Crippen MR) is 76.3 cm³/mol. The van der Waals surface area contributed by atoms with Gasteiger partial charge in [0.1, 0.15) is 0 Å². The lowest BCUT2D eigenvalue weighted by Crippen LogP contribution is -2.41. The van der Waals surface area contributed by atoms with Crippen molar-refractivity contribution in [1.82, 2.24) is 14.9 Å². The molecule has 0 amide bonds. The van der Waals surface area contributed by atoms with Gasteiger partial charge >= 0.3 is 0 Å². The summed E-state index contributed by atoms with van der Waals surface area (Å²) in [6.45, 7) is 4.43. The Hall–Kier alpha value is -1.20. The number of likely N-dealkylation sites (N-methyl/N-ethyl adjacent to an activating group) is 1. The maximum Gasteiger partial charge on any atom is 0.225 e. The van der Waals surface area contributed by atoms with Crippen molar-refractivity contribution < 1.29 is 5.11 Å². The highest BCUT2D eigenvalue weighted by Crippen LogP contribution is 2.24. The van der Waals surface area contributed by atoms with E-state index in [1.54, 1.807) is 0 Å². The van der Waals surface area contributed by atoms with Crippen molar-refractivity contribution in [2.24, 2.45) is 0 Å². The summed E-state index contributed by atoms with van der Waals surface area (Å²) in [7, 11) is 4.01. The molecule has 5 heteroatoms. The number of aryl methyl sites for hydroxylation is 1. The number of rotatable bonds is 3. The van der Waals surface area contributed by atoms with Gasteiger partial charge in [-0.25, -0.2) is 9.97 Å². The first-order valence-electron chi connectivity index (χ1n) is 6.89. The molecular weight excluding hydrogens is 240 g/mol. The largest absolute Gasteiger partial charge is 0.388 e. The fourth-order valence-corrected chi connectivity index (χ4v) is 2.67. The Morgan fingerprint density at radius 1 is 1.26 bits per heavy atom.